The number of aromatic nitrogens is 5. The van der Waals surface area contributed by atoms with Gasteiger partial charge in [-0.25, -0.2) is 9.97 Å². The maximum absolute atomic E-state index is 12.9. The molecule has 0 unspecified atom stereocenters. The zero-order valence-electron chi connectivity index (χ0n) is 15.5. The number of likely N-dealkylation sites (tertiary alicyclic amines) is 1. The van der Waals surface area contributed by atoms with Crippen molar-refractivity contribution in [2.24, 2.45) is 0 Å². The fourth-order valence-electron chi connectivity index (χ4n) is 3.56. The van der Waals surface area contributed by atoms with Crippen LogP contribution in [-0.2, 0) is 0 Å². The lowest BCUT2D eigenvalue weighted by Crippen LogP contribution is -2.31. The fourth-order valence-corrected chi connectivity index (χ4v) is 3.56. The fraction of sp³-hybridized carbons (Fsp3) is 0.350. The highest BCUT2D eigenvalue weighted by Gasteiger charge is 2.32. The van der Waals surface area contributed by atoms with Gasteiger partial charge in [0, 0.05) is 37.3 Å². The van der Waals surface area contributed by atoms with Crippen LogP contribution in [-0.4, -0.2) is 41.9 Å². The highest BCUT2D eigenvalue weighted by molar-refractivity contribution is 5.94. The molecule has 1 aliphatic heterocycles. The zero-order chi connectivity index (χ0) is 18.8. The summed E-state index contributed by atoms with van der Waals surface area (Å²) < 4.78 is 1.96. The van der Waals surface area contributed by atoms with E-state index in [4.69, 9.17) is 4.98 Å². The SMILES string of the molecule is CC(C)c1nccn1-c1cncc([C@@H]2CCCN2C(=O)c2cccnc2)n1. The predicted molar refractivity (Wildman–Crippen MR) is 100 cm³/mol. The van der Waals surface area contributed by atoms with E-state index in [-0.39, 0.29) is 17.9 Å². The first kappa shape index (κ1) is 17.3. The summed E-state index contributed by atoms with van der Waals surface area (Å²) in [7, 11) is 0. The van der Waals surface area contributed by atoms with E-state index < -0.39 is 0 Å². The molecule has 0 aliphatic carbocycles. The van der Waals surface area contributed by atoms with Gasteiger partial charge in [-0.1, -0.05) is 13.8 Å². The van der Waals surface area contributed by atoms with Gasteiger partial charge >= 0.3 is 0 Å². The summed E-state index contributed by atoms with van der Waals surface area (Å²) in [4.78, 5) is 32.5. The lowest BCUT2D eigenvalue weighted by molar-refractivity contribution is 0.0732. The first-order valence-electron chi connectivity index (χ1n) is 9.21. The molecule has 0 saturated carbocycles. The second-order valence-corrected chi connectivity index (χ2v) is 7.01. The zero-order valence-corrected chi connectivity index (χ0v) is 15.5. The second kappa shape index (κ2) is 7.26. The highest BCUT2D eigenvalue weighted by Crippen LogP contribution is 2.32. The van der Waals surface area contributed by atoms with Gasteiger partial charge in [-0.15, -0.1) is 0 Å². The van der Waals surface area contributed by atoms with Gasteiger partial charge in [0.2, 0.25) is 0 Å². The number of rotatable bonds is 4. The Balaban J connectivity index is 1.65. The lowest BCUT2D eigenvalue weighted by Gasteiger charge is -2.24. The van der Waals surface area contributed by atoms with Crippen molar-refractivity contribution in [3.63, 3.8) is 0 Å². The smallest absolute Gasteiger partial charge is 0.255 e. The van der Waals surface area contributed by atoms with Crippen LogP contribution >= 0.6 is 0 Å². The normalized spacial score (nSPS) is 16.9. The average Bonchev–Trinajstić information content (AvgIpc) is 3.38. The van der Waals surface area contributed by atoms with Gasteiger partial charge in [0.05, 0.1) is 29.7 Å². The van der Waals surface area contributed by atoms with Crippen LogP contribution in [0.4, 0.5) is 0 Å². The van der Waals surface area contributed by atoms with Gasteiger partial charge < -0.3 is 4.90 Å². The largest absolute Gasteiger partial charge is 0.330 e. The van der Waals surface area contributed by atoms with E-state index in [1.165, 1.54) is 0 Å². The van der Waals surface area contributed by atoms with E-state index in [1.807, 2.05) is 15.7 Å². The molecule has 1 fully saturated rings. The number of nitrogens with zero attached hydrogens (tertiary/aromatic N) is 6. The third-order valence-electron chi connectivity index (χ3n) is 4.84. The van der Waals surface area contributed by atoms with Crippen LogP contribution in [0, 0.1) is 0 Å². The third kappa shape index (κ3) is 3.32. The van der Waals surface area contributed by atoms with Gasteiger partial charge in [-0.05, 0) is 25.0 Å². The van der Waals surface area contributed by atoms with E-state index in [9.17, 15) is 4.79 Å². The number of carbonyl (C=O) groups excluding carboxylic acids is 1. The van der Waals surface area contributed by atoms with E-state index >= 15 is 0 Å². The number of hydrogen-bond donors (Lipinski definition) is 0. The molecule has 1 aliphatic rings. The molecule has 3 aromatic rings. The molecule has 7 heteroatoms. The number of imidazole rings is 1. The minimum atomic E-state index is -0.0730. The van der Waals surface area contributed by atoms with Gasteiger partial charge in [0.25, 0.3) is 5.91 Å². The molecule has 1 amide bonds. The summed E-state index contributed by atoms with van der Waals surface area (Å²) in [6, 6.07) is 3.51. The van der Waals surface area contributed by atoms with Crippen LogP contribution < -0.4 is 0 Å². The van der Waals surface area contributed by atoms with Gasteiger partial charge in [0.15, 0.2) is 5.82 Å². The lowest BCUT2D eigenvalue weighted by atomic mass is 10.1. The minimum absolute atomic E-state index is 0.0108. The number of carbonyl (C=O) groups is 1. The molecule has 4 rings (SSSR count). The van der Waals surface area contributed by atoms with E-state index in [0.29, 0.717) is 12.1 Å². The number of amides is 1. The highest BCUT2D eigenvalue weighted by atomic mass is 16.2. The van der Waals surface area contributed by atoms with Crippen LogP contribution in [0.25, 0.3) is 5.82 Å². The molecule has 0 bridgehead atoms. The van der Waals surface area contributed by atoms with Crippen LogP contribution in [0.5, 0.6) is 0 Å². The molecular formula is C20H22N6O. The van der Waals surface area contributed by atoms with Crippen molar-refractivity contribution in [2.75, 3.05) is 6.54 Å². The van der Waals surface area contributed by atoms with E-state index in [2.05, 4.69) is 28.8 Å². The molecule has 0 spiro atoms. The first-order valence-corrected chi connectivity index (χ1v) is 9.21. The summed E-state index contributed by atoms with van der Waals surface area (Å²) in [5.74, 6) is 1.94. The molecule has 0 N–H and O–H groups in total. The molecule has 138 valence electrons. The molecule has 1 atom stereocenters. The Bertz CT molecular complexity index is 936. The Labute approximate surface area is 158 Å². The summed E-state index contributed by atoms with van der Waals surface area (Å²) >= 11 is 0. The van der Waals surface area contributed by atoms with Crippen molar-refractivity contribution in [2.45, 2.75) is 38.6 Å². The van der Waals surface area contributed by atoms with Crippen molar-refractivity contribution >= 4 is 5.91 Å². The summed E-state index contributed by atoms with van der Waals surface area (Å²) in [5, 5.41) is 0. The average molecular weight is 362 g/mol. The predicted octanol–water partition coefficient (Wildman–Crippen LogP) is 3.16. The van der Waals surface area contributed by atoms with Crippen molar-refractivity contribution in [1.82, 2.24) is 29.4 Å². The van der Waals surface area contributed by atoms with Crippen molar-refractivity contribution in [1.29, 1.82) is 0 Å². The molecule has 0 radical (unpaired) electrons. The Morgan fingerprint density at radius 2 is 2.07 bits per heavy atom. The van der Waals surface area contributed by atoms with Crippen molar-refractivity contribution in [3.05, 3.63) is 66.4 Å². The van der Waals surface area contributed by atoms with Crippen LogP contribution in [0.1, 0.15) is 60.5 Å². The van der Waals surface area contributed by atoms with Crippen LogP contribution in [0.15, 0.2) is 49.3 Å². The number of hydrogen-bond acceptors (Lipinski definition) is 5. The Morgan fingerprint density at radius 3 is 2.85 bits per heavy atom. The van der Waals surface area contributed by atoms with Crippen molar-refractivity contribution < 1.29 is 4.79 Å². The van der Waals surface area contributed by atoms with Gasteiger partial charge in [0.1, 0.15) is 5.82 Å². The molecule has 3 aromatic heterocycles. The van der Waals surface area contributed by atoms with E-state index in [0.717, 1.165) is 30.2 Å². The molecule has 1 saturated heterocycles. The second-order valence-electron chi connectivity index (χ2n) is 7.01. The first-order chi connectivity index (χ1) is 13.1. The molecular weight excluding hydrogens is 340 g/mol. The summed E-state index contributed by atoms with van der Waals surface area (Å²) in [6.07, 6.45) is 12.3. The van der Waals surface area contributed by atoms with Gasteiger partial charge in [-0.2, -0.15) is 0 Å². The topological polar surface area (TPSA) is 76.8 Å². The van der Waals surface area contributed by atoms with E-state index in [1.54, 1.807) is 43.1 Å². The Morgan fingerprint density at radius 1 is 1.19 bits per heavy atom. The molecule has 27 heavy (non-hydrogen) atoms. The maximum Gasteiger partial charge on any atom is 0.255 e. The number of pyridine rings is 1. The molecule has 0 aromatic carbocycles. The Hall–Kier alpha value is -3.09. The quantitative estimate of drug-likeness (QED) is 0.712. The molecule has 4 heterocycles. The Kier molecular flexibility index (Phi) is 4.66. The van der Waals surface area contributed by atoms with Crippen LogP contribution in [0.2, 0.25) is 0 Å². The summed E-state index contributed by atoms with van der Waals surface area (Å²) in [5.41, 5.74) is 1.41. The third-order valence-corrected chi connectivity index (χ3v) is 4.84. The monoisotopic (exact) mass is 362 g/mol. The van der Waals surface area contributed by atoms with Gasteiger partial charge in [-0.3, -0.25) is 19.3 Å². The van der Waals surface area contributed by atoms with Crippen LogP contribution in [0.3, 0.4) is 0 Å². The van der Waals surface area contributed by atoms with Crippen molar-refractivity contribution in [3.8, 4) is 5.82 Å². The standard InChI is InChI=1S/C20H22N6O/c1-14(2)19-23-8-10-26(19)18-13-22-12-16(24-18)17-6-4-9-25(17)20(27)15-5-3-7-21-11-15/h3,5,7-8,10-14,17H,4,6,9H2,1-2H3/t17-/m0/s1. The maximum atomic E-state index is 12.9. The summed E-state index contributed by atoms with van der Waals surface area (Å²) in [6.45, 7) is 4.91. The molecule has 7 nitrogen and oxygen atoms in total. The minimum Gasteiger partial charge on any atom is -0.330 e.